The number of nitriles is 2. The van der Waals surface area contributed by atoms with E-state index in [1.165, 1.54) is 13.2 Å². The fraction of sp³-hybridized carbons (Fsp3) is 0.320. The predicted octanol–water partition coefficient (Wildman–Crippen LogP) is 4.04. The number of rotatable bonds is 11. The fourth-order valence-electron chi connectivity index (χ4n) is 3.15. The number of ether oxygens (including phenoxy) is 4. The van der Waals surface area contributed by atoms with Crippen LogP contribution in [0.15, 0.2) is 23.8 Å². The third-order valence-corrected chi connectivity index (χ3v) is 5.96. The Morgan fingerprint density at radius 2 is 1.74 bits per heavy atom. The largest absolute Gasteiger partial charge is 0.493 e. The number of hydrogen-bond acceptors (Lipinski definition) is 10. The Hall–Kier alpha value is -4.15. The van der Waals surface area contributed by atoms with E-state index in [2.05, 4.69) is 0 Å². The van der Waals surface area contributed by atoms with Crippen molar-refractivity contribution in [3.63, 3.8) is 0 Å². The third kappa shape index (κ3) is 6.69. The van der Waals surface area contributed by atoms with Crippen LogP contribution < -0.4 is 9.47 Å². The number of hydrogen-bond donors (Lipinski definition) is 0. The summed E-state index contributed by atoms with van der Waals surface area (Å²) < 4.78 is 20.7. The second kappa shape index (κ2) is 12.9. The Morgan fingerprint density at radius 3 is 2.34 bits per heavy atom. The van der Waals surface area contributed by atoms with Gasteiger partial charge in [-0.1, -0.05) is 6.07 Å². The second-order valence-corrected chi connectivity index (χ2v) is 8.03. The Labute approximate surface area is 207 Å². The molecule has 0 radical (unpaired) electrons. The molecule has 0 N–H and O–H groups in total. The van der Waals surface area contributed by atoms with Crippen molar-refractivity contribution in [1.29, 1.82) is 10.5 Å². The quantitative estimate of drug-likeness (QED) is 0.256. The molecule has 0 saturated carbocycles. The van der Waals surface area contributed by atoms with Crippen LogP contribution >= 0.6 is 11.3 Å². The first-order valence-corrected chi connectivity index (χ1v) is 11.4. The molecule has 1 aromatic carbocycles. The zero-order valence-electron chi connectivity index (χ0n) is 19.8. The molecule has 0 amide bonds. The van der Waals surface area contributed by atoms with E-state index in [1.54, 1.807) is 39.0 Å². The summed E-state index contributed by atoms with van der Waals surface area (Å²) >= 11 is 0.971. The minimum absolute atomic E-state index is 0.121. The maximum Gasteiger partial charge on any atom is 0.348 e. The van der Waals surface area contributed by atoms with E-state index in [9.17, 15) is 19.6 Å². The molecule has 0 saturated heterocycles. The maximum atomic E-state index is 13.0. The number of esters is 2. The highest BCUT2D eigenvalue weighted by Gasteiger charge is 2.28. The normalized spacial score (nSPS) is 10.6. The molecule has 0 unspecified atom stereocenters. The van der Waals surface area contributed by atoms with Gasteiger partial charge in [-0.15, -0.1) is 11.3 Å². The number of ketones is 1. The van der Waals surface area contributed by atoms with Crippen LogP contribution in [0.3, 0.4) is 0 Å². The number of carbonyl (C=O) groups excluding carboxylic acids is 3. The minimum Gasteiger partial charge on any atom is -0.493 e. The van der Waals surface area contributed by atoms with Crippen molar-refractivity contribution in [3.05, 3.63) is 50.2 Å². The monoisotopic (exact) mass is 496 g/mol. The lowest BCUT2D eigenvalue weighted by atomic mass is 10.0. The lowest BCUT2D eigenvalue weighted by molar-refractivity contribution is -0.114. The van der Waals surface area contributed by atoms with E-state index in [4.69, 9.17) is 24.2 Å². The molecule has 10 heteroatoms. The van der Waals surface area contributed by atoms with Gasteiger partial charge in [0.2, 0.25) is 0 Å². The van der Waals surface area contributed by atoms with Gasteiger partial charge in [0.15, 0.2) is 23.9 Å². The summed E-state index contributed by atoms with van der Waals surface area (Å²) in [5.74, 6) is -1.12. The van der Waals surface area contributed by atoms with Gasteiger partial charge < -0.3 is 18.9 Å². The highest BCUT2D eigenvalue weighted by Crippen LogP contribution is 2.32. The Kier molecular flexibility index (Phi) is 10.0. The number of carbonyl (C=O) groups is 3. The molecule has 182 valence electrons. The van der Waals surface area contributed by atoms with Crippen LogP contribution in [-0.2, 0) is 20.7 Å². The summed E-state index contributed by atoms with van der Waals surface area (Å²) in [4.78, 5) is 38.4. The highest BCUT2D eigenvalue weighted by molar-refractivity contribution is 7.14. The molecule has 1 heterocycles. The van der Waals surface area contributed by atoms with Gasteiger partial charge >= 0.3 is 11.9 Å². The van der Waals surface area contributed by atoms with Gasteiger partial charge in [-0.05, 0) is 50.1 Å². The summed E-state index contributed by atoms with van der Waals surface area (Å²) in [6.07, 6.45) is 1.11. The van der Waals surface area contributed by atoms with Crippen LogP contribution in [0.2, 0.25) is 0 Å². The van der Waals surface area contributed by atoms with E-state index < -0.39 is 17.7 Å². The summed E-state index contributed by atoms with van der Waals surface area (Å²) in [7, 11) is 1.43. The number of benzene rings is 1. The van der Waals surface area contributed by atoms with Gasteiger partial charge in [0.1, 0.15) is 17.0 Å². The van der Waals surface area contributed by atoms with Crippen molar-refractivity contribution in [3.8, 4) is 23.6 Å². The number of thiophene rings is 1. The van der Waals surface area contributed by atoms with Crippen LogP contribution in [0, 0.1) is 29.6 Å². The van der Waals surface area contributed by atoms with E-state index in [1.807, 2.05) is 12.1 Å². The summed E-state index contributed by atoms with van der Waals surface area (Å²) in [5, 5.41) is 18.3. The molecule has 0 aliphatic heterocycles. The van der Waals surface area contributed by atoms with Crippen LogP contribution in [0.5, 0.6) is 11.5 Å². The molecular weight excluding hydrogens is 472 g/mol. The van der Waals surface area contributed by atoms with Crippen LogP contribution in [0.1, 0.15) is 49.9 Å². The van der Waals surface area contributed by atoms with Gasteiger partial charge in [0, 0.05) is 11.3 Å². The fourth-order valence-corrected chi connectivity index (χ4v) is 4.33. The van der Waals surface area contributed by atoms with Crippen molar-refractivity contribution in [1.82, 2.24) is 0 Å². The molecule has 0 atom stereocenters. The first-order chi connectivity index (χ1) is 16.8. The number of nitrogens with zero attached hydrogens (tertiary/aromatic N) is 2. The number of Topliss-reactive ketones (excluding diaryl/α,β-unsaturated/α-hetero) is 1. The first-order valence-electron chi connectivity index (χ1n) is 10.6. The van der Waals surface area contributed by atoms with Gasteiger partial charge in [-0.3, -0.25) is 4.79 Å². The standard InChI is InChI=1S/C25H24N2O7S/c1-5-32-24(29)22-15(3)23(25(30)33-6-2)35-21(22)13-18(28)17(14-27)11-16-7-8-19(34-10-9-26)20(12-16)31-4/h7-8,11-12H,5-6,10,13H2,1-4H3. The molecule has 9 nitrogen and oxygen atoms in total. The van der Waals surface area contributed by atoms with Gasteiger partial charge in [0.25, 0.3) is 0 Å². The van der Waals surface area contributed by atoms with Crippen molar-refractivity contribution < 1.29 is 33.3 Å². The molecular formula is C25H24N2O7S. The maximum absolute atomic E-state index is 13.0. The van der Waals surface area contributed by atoms with Gasteiger partial charge in [-0.2, -0.15) is 10.5 Å². The second-order valence-electron chi connectivity index (χ2n) is 6.92. The van der Waals surface area contributed by atoms with Gasteiger partial charge in [-0.25, -0.2) is 9.59 Å². The van der Waals surface area contributed by atoms with Crippen LogP contribution in [0.25, 0.3) is 6.08 Å². The average Bonchev–Trinajstić information content (AvgIpc) is 3.17. The predicted molar refractivity (Wildman–Crippen MR) is 127 cm³/mol. The zero-order valence-corrected chi connectivity index (χ0v) is 20.6. The summed E-state index contributed by atoms with van der Waals surface area (Å²) in [6, 6.07) is 8.49. The molecule has 0 spiro atoms. The minimum atomic E-state index is -0.653. The first kappa shape index (κ1) is 27.1. The van der Waals surface area contributed by atoms with E-state index in [0.717, 1.165) is 11.3 Å². The SMILES string of the molecule is CCOC(=O)c1sc(CC(=O)C(C#N)=Cc2ccc(OCC#N)c(OC)c2)c(C(=O)OCC)c1C. The highest BCUT2D eigenvalue weighted by atomic mass is 32.1. The molecule has 2 aromatic rings. The summed E-state index contributed by atoms with van der Waals surface area (Å²) in [6.45, 7) is 5.02. The molecule has 0 bridgehead atoms. The Balaban J connectivity index is 2.41. The van der Waals surface area contributed by atoms with E-state index in [0.29, 0.717) is 27.5 Å². The van der Waals surface area contributed by atoms with Crippen LogP contribution in [-0.4, -0.2) is 44.7 Å². The average molecular weight is 497 g/mol. The van der Waals surface area contributed by atoms with Gasteiger partial charge in [0.05, 0.1) is 31.5 Å². The lowest BCUT2D eigenvalue weighted by Crippen LogP contribution is -2.12. The molecule has 35 heavy (non-hydrogen) atoms. The molecule has 1 aromatic heterocycles. The Bertz CT molecular complexity index is 1230. The molecule has 0 aliphatic rings. The summed E-state index contributed by atoms with van der Waals surface area (Å²) in [5.41, 5.74) is 0.841. The van der Waals surface area contributed by atoms with Crippen LogP contribution in [0.4, 0.5) is 0 Å². The van der Waals surface area contributed by atoms with Crippen molar-refractivity contribution in [2.75, 3.05) is 26.9 Å². The Morgan fingerprint density at radius 1 is 1.06 bits per heavy atom. The number of allylic oxidation sites excluding steroid dienone is 1. The molecule has 0 fully saturated rings. The van der Waals surface area contributed by atoms with Crippen molar-refractivity contribution >= 4 is 35.1 Å². The smallest absolute Gasteiger partial charge is 0.348 e. The van der Waals surface area contributed by atoms with Crippen molar-refractivity contribution in [2.45, 2.75) is 27.2 Å². The molecule has 2 rings (SSSR count). The lowest BCUT2D eigenvalue weighted by Gasteiger charge is -2.09. The zero-order chi connectivity index (χ0) is 26.0. The number of methoxy groups -OCH3 is 1. The van der Waals surface area contributed by atoms with E-state index in [-0.39, 0.29) is 42.3 Å². The third-order valence-electron chi connectivity index (χ3n) is 4.69. The topological polar surface area (TPSA) is 136 Å². The molecule has 0 aliphatic carbocycles. The van der Waals surface area contributed by atoms with Crippen molar-refractivity contribution in [2.24, 2.45) is 0 Å². The van der Waals surface area contributed by atoms with E-state index >= 15 is 0 Å².